The van der Waals surface area contributed by atoms with Gasteiger partial charge in [0.15, 0.2) is 5.69 Å². The molecular weight excluding hydrogens is 252 g/mol. The normalized spacial score (nSPS) is 9.72. The van der Waals surface area contributed by atoms with Crippen LogP contribution in [0.2, 0.25) is 0 Å². The molecule has 2 heterocycles. The van der Waals surface area contributed by atoms with Gasteiger partial charge in [-0.1, -0.05) is 0 Å². The first-order valence-electron chi connectivity index (χ1n) is 4.97. The lowest BCUT2D eigenvalue weighted by atomic mass is 10.3. The Balaban J connectivity index is 1.98. The Morgan fingerprint density at radius 2 is 2.39 bits per heavy atom. The predicted octanol–water partition coefficient (Wildman–Crippen LogP) is 1.72. The molecule has 0 aromatic carbocycles. The van der Waals surface area contributed by atoms with Gasteiger partial charge >= 0.3 is 5.97 Å². The third kappa shape index (κ3) is 2.81. The fourth-order valence-electron chi connectivity index (χ4n) is 1.23. The molecule has 0 aliphatic carbocycles. The van der Waals surface area contributed by atoms with Crippen LogP contribution in [0.3, 0.4) is 0 Å². The lowest BCUT2D eigenvalue weighted by molar-refractivity contribution is 0.0691. The van der Waals surface area contributed by atoms with Crippen LogP contribution in [0.5, 0.6) is 0 Å². The zero-order valence-electron chi connectivity index (χ0n) is 9.12. The van der Waals surface area contributed by atoms with Gasteiger partial charge in [0.2, 0.25) is 0 Å². The van der Waals surface area contributed by atoms with Crippen LogP contribution in [0.15, 0.2) is 23.7 Å². The lowest BCUT2D eigenvalue weighted by Crippen LogP contribution is -2.01. The Labute approximate surface area is 107 Å². The number of aromatic nitrogens is 2. The van der Waals surface area contributed by atoms with Gasteiger partial charge in [-0.3, -0.25) is 0 Å². The second-order valence-electron chi connectivity index (χ2n) is 3.33. The van der Waals surface area contributed by atoms with E-state index >= 15 is 0 Å². The summed E-state index contributed by atoms with van der Waals surface area (Å²) in [6.07, 6.45) is 1.55. The van der Waals surface area contributed by atoms with E-state index in [2.05, 4.69) is 15.3 Å². The minimum atomic E-state index is -1.03. The largest absolute Gasteiger partial charge is 0.476 e. The Morgan fingerprint density at radius 1 is 1.56 bits per heavy atom. The minimum absolute atomic E-state index is 0.0507. The Hall–Kier alpha value is -2.46. The maximum absolute atomic E-state index is 10.6. The molecule has 18 heavy (non-hydrogen) atoms. The van der Waals surface area contributed by atoms with Crippen LogP contribution >= 0.6 is 11.3 Å². The molecule has 0 radical (unpaired) electrons. The number of rotatable bonds is 4. The van der Waals surface area contributed by atoms with Gasteiger partial charge in [0, 0.05) is 5.38 Å². The quantitative estimate of drug-likeness (QED) is 0.868. The first kappa shape index (κ1) is 12.0. The zero-order chi connectivity index (χ0) is 13.0. The predicted molar refractivity (Wildman–Crippen MR) is 65.4 cm³/mol. The molecular formula is C11H8N4O2S. The second kappa shape index (κ2) is 5.25. The molecule has 0 unspecified atom stereocenters. The van der Waals surface area contributed by atoms with Crippen LogP contribution in [-0.2, 0) is 6.54 Å². The number of thiazole rings is 1. The number of carbonyl (C=O) groups is 1. The SMILES string of the molecule is N#Cc1ccc(NCc2nc(C(=O)O)cs2)cn1. The molecule has 0 atom stereocenters. The van der Waals surface area contributed by atoms with E-state index in [4.69, 9.17) is 10.4 Å². The molecule has 7 heteroatoms. The number of hydrogen-bond donors (Lipinski definition) is 2. The van der Waals surface area contributed by atoms with E-state index in [0.29, 0.717) is 17.2 Å². The number of hydrogen-bond acceptors (Lipinski definition) is 6. The van der Waals surface area contributed by atoms with Crippen molar-refractivity contribution in [1.29, 1.82) is 5.26 Å². The maximum atomic E-state index is 10.6. The van der Waals surface area contributed by atoms with E-state index in [1.165, 1.54) is 16.7 Å². The summed E-state index contributed by atoms with van der Waals surface area (Å²) in [6, 6.07) is 5.27. The van der Waals surface area contributed by atoms with E-state index in [9.17, 15) is 4.79 Å². The van der Waals surface area contributed by atoms with E-state index < -0.39 is 5.97 Å². The number of nitrogens with zero attached hydrogens (tertiary/aromatic N) is 3. The average Bonchev–Trinajstić information content (AvgIpc) is 2.86. The third-order valence-electron chi connectivity index (χ3n) is 2.09. The molecule has 2 rings (SSSR count). The molecule has 0 amide bonds. The van der Waals surface area contributed by atoms with Crippen LogP contribution in [-0.4, -0.2) is 21.0 Å². The van der Waals surface area contributed by atoms with Crippen LogP contribution in [0.1, 0.15) is 21.2 Å². The number of nitrogens with one attached hydrogen (secondary N) is 1. The molecule has 90 valence electrons. The fraction of sp³-hybridized carbons (Fsp3) is 0.0909. The van der Waals surface area contributed by atoms with Crippen LogP contribution in [0.25, 0.3) is 0 Å². The molecule has 0 spiro atoms. The summed E-state index contributed by atoms with van der Waals surface area (Å²) < 4.78 is 0. The molecule has 2 aromatic rings. The van der Waals surface area contributed by atoms with Gasteiger partial charge in [-0.25, -0.2) is 14.8 Å². The molecule has 0 aliphatic rings. The van der Waals surface area contributed by atoms with Crippen LogP contribution in [0, 0.1) is 11.3 Å². The fourth-order valence-corrected chi connectivity index (χ4v) is 1.94. The Kier molecular flexibility index (Phi) is 3.50. The summed E-state index contributed by atoms with van der Waals surface area (Å²) in [5.74, 6) is -1.03. The van der Waals surface area contributed by atoms with Crippen molar-refractivity contribution in [3.63, 3.8) is 0 Å². The highest BCUT2D eigenvalue weighted by atomic mass is 32.1. The van der Waals surface area contributed by atoms with E-state index in [1.54, 1.807) is 18.3 Å². The number of carboxylic acid groups (broad SMARTS) is 1. The van der Waals surface area contributed by atoms with Gasteiger partial charge in [0.1, 0.15) is 16.8 Å². The monoisotopic (exact) mass is 260 g/mol. The Bertz CT molecular complexity index is 600. The van der Waals surface area contributed by atoms with Crippen molar-refractivity contribution in [2.24, 2.45) is 0 Å². The maximum Gasteiger partial charge on any atom is 0.355 e. The van der Waals surface area contributed by atoms with E-state index in [-0.39, 0.29) is 5.69 Å². The van der Waals surface area contributed by atoms with Crippen molar-refractivity contribution in [2.45, 2.75) is 6.54 Å². The average molecular weight is 260 g/mol. The molecule has 0 saturated carbocycles. The van der Waals surface area contributed by atoms with Crippen molar-refractivity contribution in [3.05, 3.63) is 40.1 Å². The van der Waals surface area contributed by atoms with Crippen molar-refractivity contribution < 1.29 is 9.90 Å². The topological polar surface area (TPSA) is 98.9 Å². The highest BCUT2D eigenvalue weighted by molar-refractivity contribution is 7.09. The lowest BCUT2D eigenvalue weighted by Gasteiger charge is -2.02. The number of anilines is 1. The molecule has 2 aromatic heterocycles. The summed E-state index contributed by atoms with van der Waals surface area (Å²) in [6.45, 7) is 0.422. The third-order valence-corrected chi connectivity index (χ3v) is 2.94. The van der Waals surface area contributed by atoms with E-state index in [1.807, 2.05) is 6.07 Å². The molecule has 2 N–H and O–H groups in total. The zero-order valence-corrected chi connectivity index (χ0v) is 9.94. The number of aromatic carboxylic acids is 1. The van der Waals surface area contributed by atoms with Crippen LogP contribution in [0.4, 0.5) is 5.69 Å². The molecule has 0 aliphatic heterocycles. The summed E-state index contributed by atoms with van der Waals surface area (Å²) >= 11 is 1.28. The highest BCUT2D eigenvalue weighted by Crippen LogP contribution is 2.12. The van der Waals surface area contributed by atoms with Gasteiger partial charge in [-0.05, 0) is 12.1 Å². The molecule has 0 bridgehead atoms. The van der Waals surface area contributed by atoms with Crippen molar-refractivity contribution >= 4 is 23.0 Å². The second-order valence-corrected chi connectivity index (χ2v) is 4.27. The number of carboxylic acids is 1. The first-order chi connectivity index (χ1) is 8.69. The van der Waals surface area contributed by atoms with Gasteiger partial charge in [-0.2, -0.15) is 5.26 Å². The highest BCUT2D eigenvalue weighted by Gasteiger charge is 2.08. The van der Waals surface area contributed by atoms with Crippen molar-refractivity contribution in [2.75, 3.05) is 5.32 Å². The molecule has 0 saturated heterocycles. The van der Waals surface area contributed by atoms with Crippen LogP contribution < -0.4 is 5.32 Å². The number of pyridine rings is 1. The molecule has 0 fully saturated rings. The van der Waals surface area contributed by atoms with Gasteiger partial charge in [0.25, 0.3) is 0 Å². The summed E-state index contributed by atoms with van der Waals surface area (Å²) in [5.41, 5.74) is 1.15. The molecule has 6 nitrogen and oxygen atoms in total. The van der Waals surface area contributed by atoms with Gasteiger partial charge in [-0.15, -0.1) is 11.3 Å². The smallest absolute Gasteiger partial charge is 0.355 e. The summed E-state index contributed by atoms with van der Waals surface area (Å²) in [4.78, 5) is 18.5. The van der Waals surface area contributed by atoms with Gasteiger partial charge in [0.05, 0.1) is 18.4 Å². The first-order valence-corrected chi connectivity index (χ1v) is 5.84. The summed E-state index contributed by atoms with van der Waals surface area (Å²) in [5, 5.41) is 22.5. The Morgan fingerprint density at radius 3 is 2.94 bits per heavy atom. The number of nitriles is 1. The van der Waals surface area contributed by atoms with E-state index in [0.717, 1.165) is 5.69 Å². The van der Waals surface area contributed by atoms with Gasteiger partial charge < -0.3 is 10.4 Å². The van der Waals surface area contributed by atoms with Crippen molar-refractivity contribution in [1.82, 2.24) is 9.97 Å². The minimum Gasteiger partial charge on any atom is -0.476 e. The standard InChI is InChI=1S/C11H8N4O2S/c12-3-7-1-2-8(4-13-7)14-5-10-15-9(6-18-10)11(16)17/h1-2,4,6,14H,5H2,(H,16,17). The summed E-state index contributed by atoms with van der Waals surface area (Å²) in [7, 11) is 0. The van der Waals surface area contributed by atoms with Crippen molar-refractivity contribution in [3.8, 4) is 6.07 Å².